The second kappa shape index (κ2) is 3.93. The van der Waals surface area contributed by atoms with Gasteiger partial charge in [0.2, 0.25) is 0 Å². The van der Waals surface area contributed by atoms with Crippen molar-refractivity contribution in [1.29, 1.82) is 0 Å². The fourth-order valence-electron chi connectivity index (χ4n) is 3.03. The van der Waals surface area contributed by atoms with E-state index in [-0.39, 0.29) is 0 Å². The van der Waals surface area contributed by atoms with Gasteiger partial charge in [-0.05, 0) is 48.8 Å². The van der Waals surface area contributed by atoms with Crippen molar-refractivity contribution in [1.82, 2.24) is 0 Å². The summed E-state index contributed by atoms with van der Waals surface area (Å²) in [5.41, 5.74) is 5.94. The van der Waals surface area contributed by atoms with Crippen molar-refractivity contribution in [3.63, 3.8) is 0 Å². The largest absolute Gasteiger partial charge is 0.0949 e. The average Bonchev–Trinajstić information content (AvgIpc) is 2.90. The van der Waals surface area contributed by atoms with Gasteiger partial charge in [-0.1, -0.05) is 42.5 Å². The molecule has 0 spiro atoms. The Balaban J connectivity index is 1.86. The molecule has 1 unspecified atom stereocenters. The second-order valence-corrected chi connectivity index (χ2v) is 5.01. The van der Waals surface area contributed by atoms with Gasteiger partial charge >= 0.3 is 0 Å². The zero-order valence-corrected chi connectivity index (χ0v) is 9.71. The van der Waals surface area contributed by atoms with Crippen LogP contribution in [0.15, 0.2) is 59.3 Å². The number of fused-ring (bicyclic) bond motifs is 1. The van der Waals surface area contributed by atoms with Crippen LogP contribution in [0.1, 0.15) is 32.1 Å². The third-order valence-corrected chi connectivity index (χ3v) is 3.94. The van der Waals surface area contributed by atoms with Crippen molar-refractivity contribution in [3.05, 3.63) is 59.3 Å². The summed E-state index contributed by atoms with van der Waals surface area (Å²) in [5.74, 6) is 0.676. The van der Waals surface area contributed by atoms with Crippen molar-refractivity contribution in [3.8, 4) is 0 Å². The van der Waals surface area contributed by atoms with Gasteiger partial charge in [-0.2, -0.15) is 0 Å². The molecule has 0 nitrogen and oxygen atoms in total. The molecular weight excluding hydrogens is 192 g/mol. The summed E-state index contributed by atoms with van der Waals surface area (Å²) in [6.45, 7) is 4.31. The van der Waals surface area contributed by atoms with Crippen LogP contribution in [0.5, 0.6) is 0 Å². The van der Waals surface area contributed by atoms with Crippen molar-refractivity contribution < 1.29 is 0 Å². The Labute approximate surface area is 97.7 Å². The Kier molecular flexibility index (Phi) is 2.43. The van der Waals surface area contributed by atoms with E-state index in [1.807, 2.05) is 0 Å². The van der Waals surface area contributed by atoms with Crippen molar-refractivity contribution in [2.75, 3.05) is 0 Å². The first kappa shape index (κ1) is 9.89. The molecule has 0 bridgehead atoms. The molecule has 3 rings (SSSR count). The van der Waals surface area contributed by atoms with Gasteiger partial charge in [-0.3, -0.25) is 0 Å². The minimum absolute atomic E-state index is 0.676. The highest BCUT2D eigenvalue weighted by Crippen LogP contribution is 2.45. The van der Waals surface area contributed by atoms with Gasteiger partial charge in [-0.15, -0.1) is 0 Å². The maximum Gasteiger partial charge on any atom is 0.00485 e. The summed E-state index contributed by atoms with van der Waals surface area (Å²) in [5, 5.41) is 0. The highest BCUT2D eigenvalue weighted by molar-refractivity contribution is 5.50. The number of hydrogen-bond acceptors (Lipinski definition) is 0. The minimum Gasteiger partial charge on any atom is -0.0949 e. The van der Waals surface area contributed by atoms with Crippen molar-refractivity contribution in [2.24, 2.45) is 5.92 Å². The van der Waals surface area contributed by atoms with Crippen LogP contribution in [0.4, 0.5) is 0 Å². The number of rotatable bonds is 1. The lowest BCUT2D eigenvalue weighted by Crippen LogP contribution is -2.03. The SMILES string of the molecule is C=C1C(=CC2=CC=CC2)CC2=CCCCC12. The molecule has 3 aliphatic rings. The molecule has 0 heteroatoms. The third kappa shape index (κ3) is 1.63. The van der Waals surface area contributed by atoms with Gasteiger partial charge < -0.3 is 0 Å². The molecule has 0 heterocycles. The minimum atomic E-state index is 0.676. The lowest BCUT2D eigenvalue weighted by Gasteiger charge is -2.17. The Morgan fingerprint density at radius 3 is 3.06 bits per heavy atom. The highest BCUT2D eigenvalue weighted by Gasteiger charge is 2.29. The van der Waals surface area contributed by atoms with Crippen LogP contribution in [-0.4, -0.2) is 0 Å². The molecule has 16 heavy (non-hydrogen) atoms. The van der Waals surface area contributed by atoms with Crippen LogP contribution in [0.2, 0.25) is 0 Å². The van der Waals surface area contributed by atoms with E-state index in [9.17, 15) is 0 Å². The monoisotopic (exact) mass is 210 g/mol. The van der Waals surface area contributed by atoms with Crippen LogP contribution in [0.25, 0.3) is 0 Å². The van der Waals surface area contributed by atoms with Crippen LogP contribution in [0.3, 0.4) is 0 Å². The summed E-state index contributed by atoms with van der Waals surface area (Å²) in [6, 6.07) is 0. The Morgan fingerprint density at radius 1 is 1.38 bits per heavy atom. The normalized spacial score (nSPS) is 30.6. The molecule has 82 valence electrons. The van der Waals surface area contributed by atoms with E-state index in [1.54, 1.807) is 5.57 Å². The zero-order chi connectivity index (χ0) is 11.0. The summed E-state index contributed by atoms with van der Waals surface area (Å²) in [6.07, 6.45) is 17.6. The fourth-order valence-corrected chi connectivity index (χ4v) is 3.03. The molecule has 0 aliphatic heterocycles. The molecule has 0 aromatic heterocycles. The maximum absolute atomic E-state index is 4.31. The molecule has 0 aromatic carbocycles. The van der Waals surface area contributed by atoms with Crippen LogP contribution in [0, 0.1) is 5.92 Å². The van der Waals surface area contributed by atoms with Gasteiger partial charge in [0.05, 0.1) is 0 Å². The van der Waals surface area contributed by atoms with E-state index in [4.69, 9.17) is 0 Å². The molecule has 0 saturated heterocycles. The van der Waals surface area contributed by atoms with E-state index in [0.717, 1.165) is 12.8 Å². The molecule has 1 atom stereocenters. The molecule has 0 N–H and O–H groups in total. The molecule has 0 radical (unpaired) electrons. The fraction of sp³-hybridized carbons (Fsp3) is 0.375. The lowest BCUT2D eigenvalue weighted by molar-refractivity contribution is 0.597. The van der Waals surface area contributed by atoms with E-state index in [0.29, 0.717) is 5.92 Å². The summed E-state index contributed by atoms with van der Waals surface area (Å²) < 4.78 is 0. The predicted molar refractivity (Wildman–Crippen MR) is 69.1 cm³/mol. The van der Waals surface area contributed by atoms with Gasteiger partial charge in [0.1, 0.15) is 0 Å². The van der Waals surface area contributed by atoms with Crippen molar-refractivity contribution in [2.45, 2.75) is 32.1 Å². The van der Waals surface area contributed by atoms with Crippen LogP contribution in [-0.2, 0) is 0 Å². The first-order chi connectivity index (χ1) is 7.84. The van der Waals surface area contributed by atoms with Crippen LogP contribution < -0.4 is 0 Å². The third-order valence-electron chi connectivity index (χ3n) is 3.94. The Morgan fingerprint density at radius 2 is 2.31 bits per heavy atom. The maximum atomic E-state index is 4.31. The first-order valence-corrected chi connectivity index (χ1v) is 6.29. The molecule has 1 fully saturated rings. The number of hydrogen-bond donors (Lipinski definition) is 0. The second-order valence-electron chi connectivity index (χ2n) is 5.01. The quantitative estimate of drug-likeness (QED) is 0.559. The predicted octanol–water partition coefficient (Wildman–Crippen LogP) is 4.49. The Bertz CT molecular complexity index is 441. The summed E-state index contributed by atoms with van der Waals surface area (Å²) >= 11 is 0. The Hall–Kier alpha value is -1.30. The average molecular weight is 210 g/mol. The molecule has 1 saturated carbocycles. The highest BCUT2D eigenvalue weighted by atomic mass is 14.3. The summed E-state index contributed by atoms with van der Waals surface area (Å²) in [4.78, 5) is 0. The van der Waals surface area contributed by atoms with E-state index >= 15 is 0 Å². The molecular formula is C16H18. The van der Waals surface area contributed by atoms with Gasteiger partial charge in [0.15, 0.2) is 0 Å². The van der Waals surface area contributed by atoms with E-state index in [2.05, 4.69) is 37.0 Å². The van der Waals surface area contributed by atoms with Crippen molar-refractivity contribution >= 4 is 0 Å². The van der Waals surface area contributed by atoms with Gasteiger partial charge in [0.25, 0.3) is 0 Å². The van der Waals surface area contributed by atoms with E-state index < -0.39 is 0 Å². The topological polar surface area (TPSA) is 0 Å². The van der Waals surface area contributed by atoms with Crippen LogP contribution >= 0.6 is 0 Å². The lowest BCUT2D eigenvalue weighted by atomic mass is 9.88. The number of allylic oxidation sites excluding steroid dienone is 9. The van der Waals surface area contributed by atoms with E-state index in [1.165, 1.54) is 36.0 Å². The molecule has 3 aliphatic carbocycles. The molecule has 0 amide bonds. The molecule has 0 aromatic rings. The standard InChI is InChI=1S/C16H18/c1-12-15(10-13-6-2-3-7-13)11-14-8-4-5-9-16(12)14/h2-3,6,8,10,16H,1,4-5,7,9,11H2. The van der Waals surface area contributed by atoms with Gasteiger partial charge in [0, 0.05) is 5.92 Å². The summed E-state index contributed by atoms with van der Waals surface area (Å²) in [7, 11) is 0. The zero-order valence-electron chi connectivity index (χ0n) is 9.71. The smallest absolute Gasteiger partial charge is 0.00485 e. The first-order valence-electron chi connectivity index (χ1n) is 6.29. The van der Waals surface area contributed by atoms with Gasteiger partial charge in [-0.25, -0.2) is 0 Å².